The molecule has 0 bridgehead atoms. The smallest absolute Gasteiger partial charge is 0.254 e. The fraction of sp³-hybridized carbons (Fsp3) is 0.391. The Morgan fingerprint density at radius 3 is 2.63 bits per heavy atom. The van der Waals surface area contributed by atoms with Crippen LogP contribution in [-0.4, -0.2) is 45.9 Å². The molecule has 1 atom stereocenters. The standard InChI is InChI=1S/C23H23N5OS/c24-15-17-3-5-18(6-4-17)22(29)28-12-2-9-23(28)8-1-11-27(13-10-23)21-20-19(7-14-30-20)25-16-26-21/h3-7,14,16H,1-2,8-13H2/t23-/m1/s1. The molecule has 1 aromatic carbocycles. The second-order valence-corrected chi connectivity index (χ2v) is 9.06. The van der Waals surface area contributed by atoms with Crippen molar-refractivity contribution in [2.24, 2.45) is 0 Å². The average molecular weight is 418 g/mol. The highest BCUT2D eigenvalue weighted by atomic mass is 32.1. The maximum absolute atomic E-state index is 13.3. The third kappa shape index (κ3) is 3.21. The zero-order valence-corrected chi connectivity index (χ0v) is 17.6. The Balaban J connectivity index is 1.38. The summed E-state index contributed by atoms with van der Waals surface area (Å²) in [5.41, 5.74) is 2.17. The molecule has 2 aliphatic rings. The van der Waals surface area contributed by atoms with Crippen molar-refractivity contribution in [1.82, 2.24) is 14.9 Å². The molecule has 5 rings (SSSR count). The first-order valence-corrected chi connectivity index (χ1v) is 11.3. The minimum Gasteiger partial charge on any atom is -0.355 e. The summed E-state index contributed by atoms with van der Waals surface area (Å²) in [5.74, 6) is 1.11. The van der Waals surface area contributed by atoms with Gasteiger partial charge in [0, 0.05) is 30.7 Å². The van der Waals surface area contributed by atoms with Crippen molar-refractivity contribution in [2.45, 2.75) is 37.6 Å². The van der Waals surface area contributed by atoms with Gasteiger partial charge in [0.1, 0.15) is 12.1 Å². The number of likely N-dealkylation sites (tertiary alicyclic amines) is 1. The fourth-order valence-electron chi connectivity index (χ4n) is 5.01. The van der Waals surface area contributed by atoms with Crippen LogP contribution in [0.1, 0.15) is 48.0 Å². The van der Waals surface area contributed by atoms with Gasteiger partial charge in [-0.05, 0) is 67.8 Å². The molecule has 1 spiro atoms. The van der Waals surface area contributed by atoms with Crippen LogP contribution in [0.4, 0.5) is 5.82 Å². The van der Waals surface area contributed by atoms with E-state index in [1.807, 2.05) is 6.07 Å². The third-order valence-electron chi connectivity index (χ3n) is 6.54. The molecule has 4 heterocycles. The average Bonchev–Trinajstić information content (AvgIpc) is 3.37. The molecule has 3 aromatic rings. The molecule has 30 heavy (non-hydrogen) atoms. The highest BCUT2D eigenvalue weighted by molar-refractivity contribution is 7.17. The molecule has 152 valence electrons. The Morgan fingerprint density at radius 1 is 1.03 bits per heavy atom. The van der Waals surface area contributed by atoms with Crippen LogP contribution in [-0.2, 0) is 0 Å². The Morgan fingerprint density at radius 2 is 1.83 bits per heavy atom. The van der Waals surface area contributed by atoms with Crippen molar-refractivity contribution in [1.29, 1.82) is 5.26 Å². The SMILES string of the molecule is N#Cc1ccc(C(=O)N2CCC[C@@]23CCCN(c2ncnc4ccsc24)CC3)cc1. The quantitative estimate of drug-likeness (QED) is 0.624. The number of carbonyl (C=O) groups excluding carboxylic acids is 1. The highest BCUT2D eigenvalue weighted by Crippen LogP contribution is 2.40. The number of amides is 1. The maximum atomic E-state index is 13.3. The van der Waals surface area contributed by atoms with E-state index in [9.17, 15) is 4.79 Å². The summed E-state index contributed by atoms with van der Waals surface area (Å²) in [6, 6.07) is 11.2. The minimum atomic E-state index is -0.0820. The van der Waals surface area contributed by atoms with Gasteiger partial charge in [-0.1, -0.05) is 0 Å². The number of rotatable bonds is 2. The van der Waals surface area contributed by atoms with Crippen molar-refractivity contribution in [3.8, 4) is 6.07 Å². The zero-order chi connectivity index (χ0) is 20.6. The predicted octanol–water partition coefficient (Wildman–Crippen LogP) is 4.23. The molecule has 0 aliphatic carbocycles. The molecule has 2 saturated heterocycles. The number of anilines is 1. The van der Waals surface area contributed by atoms with E-state index in [1.54, 1.807) is 41.9 Å². The van der Waals surface area contributed by atoms with Gasteiger partial charge in [0.05, 0.1) is 21.8 Å². The van der Waals surface area contributed by atoms with Crippen LogP contribution >= 0.6 is 11.3 Å². The Kier molecular flexibility index (Phi) is 4.87. The number of nitrogens with zero attached hydrogens (tertiary/aromatic N) is 5. The van der Waals surface area contributed by atoms with Gasteiger partial charge < -0.3 is 9.80 Å². The summed E-state index contributed by atoms with van der Waals surface area (Å²) in [4.78, 5) is 26.8. The first-order chi connectivity index (χ1) is 14.7. The van der Waals surface area contributed by atoms with Crippen molar-refractivity contribution < 1.29 is 4.79 Å². The molecule has 7 heteroatoms. The van der Waals surface area contributed by atoms with E-state index < -0.39 is 0 Å². The van der Waals surface area contributed by atoms with Gasteiger partial charge in [0.25, 0.3) is 5.91 Å². The number of nitriles is 1. The molecule has 6 nitrogen and oxygen atoms in total. The second-order valence-electron chi connectivity index (χ2n) is 8.15. The molecule has 2 aromatic heterocycles. The number of carbonyl (C=O) groups is 1. The van der Waals surface area contributed by atoms with Crippen LogP contribution < -0.4 is 4.90 Å². The van der Waals surface area contributed by atoms with Crippen molar-refractivity contribution in [3.05, 3.63) is 53.2 Å². The number of thiophene rings is 1. The lowest BCUT2D eigenvalue weighted by molar-refractivity contribution is 0.0566. The molecule has 0 N–H and O–H groups in total. The Labute approximate surface area is 179 Å². The van der Waals surface area contributed by atoms with Crippen LogP contribution in [0.15, 0.2) is 42.0 Å². The third-order valence-corrected chi connectivity index (χ3v) is 7.44. The first-order valence-electron chi connectivity index (χ1n) is 10.5. The van der Waals surface area contributed by atoms with Crippen LogP contribution in [0.2, 0.25) is 0 Å². The molecule has 1 amide bonds. The van der Waals surface area contributed by atoms with Gasteiger partial charge in [-0.25, -0.2) is 9.97 Å². The lowest BCUT2D eigenvalue weighted by atomic mass is 9.87. The van der Waals surface area contributed by atoms with Crippen LogP contribution in [0.3, 0.4) is 0 Å². The van der Waals surface area contributed by atoms with Crippen molar-refractivity contribution >= 4 is 33.3 Å². The number of hydrogen-bond acceptors (Lipinski definition) is 6. The topological polar surface area (TPSA) is 73.1 Å². The lowest BCUT2D eigenvalue weighted by Gasteiger charge is -2.38. The van der Waals surface area contributed by atoms with Crippen LogP contribution in [0, 0.1) is 11.3 Å². The lowest BCUT2D eigenvalue weighted by Crippen LogP contribution is -2.48. The van der Waals surface area contributed by atoms with E-state index in [-0.39, 0.29) is 11.4 Å². The highest BCUT2D eigenvalue weighted by Gasteiger charge is 2.44. The summed E-state index contributed by atoms with van der Waals surface area (Å²) in [6.45, 7) is 2.65. The summed E-state index contributed by atoms with van der Waals surface area (Å²) in [7, 11) is 0. The number of hydrogen-bond donors (Lipinski definition) is 0. The molecule has 2 fully saturated rings. The monoisotopic (exact) mass is 417 g/mol. The summed E-state index contributed by atoms with van der Waals surface area (Å²) in [5, 5.41) is 11.1. The molecule has 0 radical (unpaired) electrons. The van der Waals surface area contributed by atoms with E-state index in [0.717, 1.165) is 67.8 Å². The van der Waals surface area contributed by atoms with Gasteiger partial charge in [-0.15, -0.1) is 11.3 Å². The van der Waals surface area contributed by atoms with E-state index in [1.165, 1.54) is 0 Å². The van der Waals surface area contributed by atoms with E-state index in [2.05, 4.69) is 31.2 Å². The van der Waals surface area contributed by atoms with Gasteiger partial charge in [-0.2, -0.15) is 5.26 Å². The largest absolute Gasteiger partial charge is 0.355 e. The van der Waals surface area contributed by atoms with E-state index >= 15 is 0 Å². The summed E-state index contributed by atoms with van der Waals surface area (Å²) < 4.78 is 1.14. The first kappa shape index (κ1) is 19.0. The van der Waals surface area contributed by atoms with Crippen LogP contribution in [0.5, 0.6) is 0 Å². The second kappa shape index (κ2) is 7.69. The van der Waals surface area contributed by atoms with Gasteiger partial charge >= 0.3 is 0 Å². The van der Waals surface area contributed by atoms with Crippen LogP contribution in [0.25, 0.3) is 10.2 Å². The summed E-state index contributed by atoms with van der Waals surface area (Å²) >= 11 is 1.69. The maximum Gasteiger partial charge on any atom is 0.254 e. The van der Waals surface area contributed by atoms with Gasteiger partial charge in [0.15, 0.2) is 0 Å². The van der Waals surface area contributed by atoms with Gasteiger partial charge in [-0.3, -0.25) is 4.79 Å². The number of benzene rings is 1. The van der Waals surface area contributed by atoms with Crippen molar-refractivity contribution in [2.75, 3.05) is 24.5 Å². The molecule has 2 aliphatic heterocycles. The summed E-state index contributed by atoms with van der Waals surface area (Å²) in [6.07, 6.45) is 6.76. The van der Waals surface area contributed by atoms with E-state index in [4.69, 9.17) is 5.26 Å². The minimum absolute atomic E-state index is 0.0820. The normalized spacial score (nSPS) is 21.7. The van der Waals surface area contributed by atoms with Crippen molar-refractivity contribution in [3.63, 3.8) is 0 Å². The molecular formula is C23H23N5OS. The fourth-order valence-corrected chi connectivity index (χ4v) is 5.87. The number of fused-ring (bicyclic) bond motifs is 1. The zero-order valence-electron chi connectivity index (χ0n) is 16.8. The Bertz CT molecular complexity index is 1120. The molecular weight excluding hydrogens is 394 g/mol. The van der Waals surface area contributed by atoms with Gasteiger partial charge in [0.2, 0.25) is 0 Å². The molecule has 0 saturated carbocycles. The Hall–Kier alpha value is -2.98. The van der Waals surface area contributed by atoms with E-state index in [0.29, 0.717) is 11.1 Å². The molecule has 0 unspecified atom stereocenters. The predicted molar refractivity (Wildman–Crippen MR) is 118 cm³/mol. The number of aromatic nitrogens is 2.